The average molecular weight is 233 g/mol. The Morgan fingerprint density at radius 3 is 2.47 bits per heavy atom. The highest BCUT2D eigenvalue weighted by Gasteiger charge is 2.29. The van der Waals surface area contributed by atoms with Crippen LogP contribution in [0.3, 0.4) is 0 Å². The molecular weight excluding hydrogens is 210 g/mol. The zero-order valence-corrected chi connectivity index (χ0v) is 10.8. The molecule has 94 valence electrons. The summed E-state index contributed by atoms with van der Waals surface area (Å²) in [4.78, 5) is 2.33. The molecule has 1 aliphatic carbocycles. The second kappa shape index (κ2) is 5.65. The lowest BCUT2D eigenvalue weighted by molar-refractivity contribution is 0.0579. The first kappa shape index (κ1) is 12.6. The first-order valence-corrected chi connectivity index (χ1v) is 6.65. The van der Waals surface area contributed by atoms with E-state index >= 15 is 0 Å². The molecule has 1 aromatic rings. The quantitative estimate of drug-likeness (QED) is 0.816. The molecule has 2 heteroatoms. The third-order valence-electron chi connectivity index (χ3n) is 3.73. The Labute approximate surface area is 104 Å². The summed E-state index contributed by atoms with van der Waals surface area (Å²) in [5.41, 5.74) is 1.03. The predicted molar refractivity (Wildman–Crippen MR) is 70.8 cm³/mol. The van der Waals surface area contributed by atoms with E-state index in [0.29, 0.717) is 0 Å². The lowest BCUT2D eigenvalue weighted by Gasteiger charge is -2.31. The number of aliphatic hydroxyl groups excluding tert-OH is 1. The second-order valence-corrected chi connectivity index (χ2v) is 5.21. The van der Waals surface area contributed by atoms with Gasteiger partial charge in [0.2, 0.25) is 0 Å². The summed E-state index contributed by atoms with van der Waals surface area (Å²) in [5, 5.41) is 10.4. The highest BCUT2D eigenvalue weighted by Crippen LogP contribution is 2.32. The summed E-state index contributed by atoms with van der Waals surface area (Å²) in [6.07, 6.45) is 3.34. The van der Waals surface area contributed by atoms with E-state index in [2.05, 4.69) is 18.9 Å². The summed E-state index contributed by atoms with van der Waals surface area (Å²) in [6.45, 7) is 3.28. The maximum Gasteiger partial charge on any atom is 0.0944 e. The summed E-state index contributed by atoms with van der Waals surface area (Å²) in [5.74, 6) is 0.872. The van der Waals surface area contributed by atoms with E-state index in [1.54, 1.807) is 0 Å². The van der Waals surface area contributed by atoms with Crippen LogP contribution in [-0.4, -0.2) is 29.6 Å². The van der Waals surface area contributed by atoms with Gasteiger partial charge in [0.15, 0.2) is 0 Å². The van der Waals surface area contributed by atoms with Crippen molar-refractivity contribution in [1.82, 2.24) is 4.90 Å². The molecule has 0 aromatic heterocycles. The van der Waals surface area contributed by atoms with Crippen molar-refractivity contribution in [3.63, 3.8) is 0 Å². The Bertz CT molecular complexity index is 334. The number of rotatable bonds is 6. The Kier molecular flexibility index (Phi) is 4.19. The smallest absolute Gasteiger partial charge is 0.0944 e. The van der Waals surface area contributed by atoms with Crippen LogP contribution in [0.2, 0.25) is 0 Å². The van der Waals surface area contributed by atoms with Crippen LogP contribution in [-0.2, 0) is 0 Å². The van der Waals surface area contributed by atoms with E-state index in [-0.39, 0.29) is 12.1 Å². The molecule has 0 heterocycles. The highest BCUT2D eigenvalue weighted by molar-refractivity contribution is 5.18. The molecule has 1 saturated carbocycles. The van der Waals surface area contributed by atoms with Crippen LogP contribution in [0.15, 0.2) is 30.3 Å². The minimum Gasteiger partial charge on any atom is -0.387 e. The molecule has 0 amide bonds. The monoisotopic (exact) mass is 233 g/mol. The van der Waals surface area contributed by atoms with Crippen molar-refractivity contribution >= 4 is 0 Å². The average Bonchev–Trinajstić information content (AvgIpc) is 3.15. The van der Waals surface area contributed by atoms with Gasteiger partial charge in [-0.2, -0.15) is 0 Å². The van der Waals surface area contributed by atoms with Gasteiger partial charge in [0, 0.05) is 12.6 Å². The normalized spacial score (nSPS) is 19.3. The third kappa shape index (κ3) is 3.30. The van der Waals surface area contributed by atoms with Gasteiger partial charge in [-0.1, -0.05) is 37.3 Å². The number of benzene rings is 1. The molecule has 2 atom stereocenters. The Morgan fingerprint density at radius 2 is 1.94 bits per heavy atom. The van der Waals surface area contributed by atoms with Crippen LogP contribution in [0, 0.1) is 5.92 Å². The van der Waals surface area contributed by atoms with E-state index in [0.717, 1.165) is 24.4 Å². The molecule has 1 aromatic carbocycles. The fraction of sp³-hybridized carbons (Fsp3) is 0.600. The lowest BCUT2D eigenvalue weighted by atomic mass is 9.99. The van der Waals surface area contributed by atoms with Crippen molar-refractivity contribution in [2.45, 2.75) is 38.3 Å². The van der Waals surface area contributed by atoms with Gasteiger partial charge in [-0.25, -0.2) is 0 Å². The molecule has 2 nitrogen and oxygen atoms in total. The first-order valence-electron chi connectivity index (χ1n) is 6.65. The maximum atomic E-state index is 10.4. The minimum absolute atomic E-state index is 0.234. The molecular formula is C15H23NO. The number of hydrogen-bond acceptors (Lipinski definition) is 2. The van der Waals surface area contributed by atoms with E-state index in [1.807, 2.05) is 30.3 Å². The van der Waals surface area contributed by atoms with Gasteiger partial charge in [0.25, 0.3) is 0 Å². The first-order chi connectivity index (χ1) is 8.22. The van der Waals surface area contributed by atoms with Gasteiger partial charge in [-0.15, -0.1) is 0 Å². The number of likely N-dealkylation sites (N-methyl/N-ethyl adjacent to an activating group) is 1. The number of aliphatic hydroxyl groups is 1. The van der Waals surface area contributed by atoms with Crippen molar-refractivity contribution in [1.29, 1.82) is 0 Å². The molecule has 0 radical (unpaired) electrons. The molecule has 2 rings (SSSR count). The zero-order valence-electron chi connectivity index (χ0n) is 10.8. The Morgan fingerprint density at radius 1 is 1.29 bits per heavy atom. The number of nitrogens with zero attached hydrogens (tertiary/aromatic N) is 1. The van der Waals surface area contributed by atoms with Crippen LogP contribution in [0.1, 0.15) is 37.9 Å². The van der Waals surface area contributed by atoms with Crippen LogP contribution in [0.5, 0.6) is 0 Å². The van der Waals surface area contributed by atoms with Crippen molar-refractivity contribution < 1.29 is 5.11 Å². The molecule has 0 aliphatic heterocycles. The van der Waals surface area contributed by atoms with Crippen molar-refractivity contribution in [3.8, 4) is 0 Å². The Balaban J connectivity index is 2.01. The van der Waals surface area contributed by atoms with E-state index in [9.17, 15) is 5.11 Å². The van der Waals surface area contributed by atoms with Gasteiger partial charge in [-0.05, 0) is 37.8 Å². The predicted octanol–water partition coefficient (Wildman–Crippen LogP) is 2.84. The van der Waals surface area contributed by atoms with Gasteiger partial charge in [-0.3, -0.25) is 0 Å². The molecule has 1 fully saturated rings. The van der Waals surface area contributed by atoms with Crippen molar-refractivity contribution in [2.75, 3.05) is 13.6 Å². The maximum absolute atomic E-state index is 10.4. The fourth-order valence-electron chi connectivity index (χ4n) is 2.49. The SMILES string of the molecule is CCC(C(O)c1ccccc1)N(C)CC1CC1. The number of hydrogen-bond donors (Lipinski definition) is 1. The van der Waals surface area contributed by atoms with Gasteiger partial charge in [0.1, 0.15) is 0 Å². The molecule has 0 bridgehead atoms. The van der Waals surface area contributed by atoms with E-state index in [1.165, 1.54) is 12.8 Å². The van der Waals surface area contributed by atoms with Gasteiger partial charge >= 0.3 is 0 Å². The summed E-state index contributed by atoms with van der Waals surface area (Å²) >= 11 is 0. The van der Waals surface area contributed by atoms with Crippen molar-refractivity contribution in [3.05, 3.63) is 35.9 Å². The second-order valence-electron chi connectivity index (χ2n) is 5.21. The molecule has 1 aliphatic rings. The molecule has 2 unspecified atom stereocenters. The van der Waals surface area contributed by atoms with Crippen LogP contribution >= 0.6 is 0 Å². The minimum atomic E-state index is -0.370. The molecule has 0 spiro atoms. The molecule has 17 heavy (non-hydrogen) atoms. The molecule has 0 saturated heterocycles. The van der Waals surface area contributed by atoms with Crippen LogP contribution in [0.25, 0.3) is 0 Å². The topological polar surface area (TPSA) is 23.5 Å². The summed E-state index contributed by atoms with van der Waals surface area (Å²) in [7, 11) is 2.14. The lowest BCUT2D eigenvalue weighted by Crippen LogP contribution is -2.37. The summed E-state index contributed by atoms with van der Waals surface area (Å²) < 4.78 is 0. The third-order valence-corrected chi connectivity index (χ3v) is 3.73. The standard InChI is InChI=1S/C15H23NO/c1-3-14(16(2)11-12-9-10-12)15(17)13-7-5-4-6-8-13/h4-8,12,14-15,17H,3,9-11H2,1-2H3. The van der Waals surface area contributed by atoms with E-state index in [4.69, 9.17) is 0 Å². The largest absolute Gasteiger partial charge is 0.387 e. The van der Waals surface area contributed by atoms with Gasteiger partial charge < -0.3 is 10.0 Å². The molecule has 1 N–H and O–H groups in total. The fourth-order valence-corrected chi connectivity index (χ4v) is 2.49. The van der Waals surface area contributed by atoms with Crippen molar-refractivity contribution in [2.24, 2.45) is 5.92 Å². The Hall–Kier alpha value is -0.860. The van der Waals surface area contributed by atoms with Crippen LogP contribution in [0.4, 0.5) is 0 Å². The highest BCUT2D eigenvalue weighted by atomic mass is 16.3. The zero-order chi connectivity index (χ0) is 12.3. The van der Waals surface area contributed by atoms with Gasteiger partial charge in [0.05, 0.1) is 6.10 Å². The summed E-state index contributed by atoms with van der Waals surface area (Å²) in [6, 6.07) is 10.2. The van der Waals surface area contributed by atoms with Crippen LogP contribution < -0.4 is 0 Å². The van der Waals surface area contributed by atoms with E-state index < -0.39 is 0 Å².